The summed E-state index contributed by atoms with van der Waals surface area (Å²) in [5, 5.41) is 5.05. The topological polar surface area (TPSA) is 74.4 Å². The van der Waals surface area contributed by atoms with E-state index >= 15 is 0 Å². The van der Waals surface area contributed by atoms with Crippen molar-refractivity contribution in [3.8, 4) is 11.3 Å². The van der Waals surface area contributed by atoms with Gasteiger partial charge in [-0.2, -0.15) is 0 Å². The minimum absolute atomic E-state index is 0.0127. The summed E-state index contributed by atoms with van der Waals surface area (Å²) in [6, 6.07) is 25.0. The van der Waals surface area contributed by atoms with Crippen LogP contribution in [0, 0.1) is 0 Å². The minimum Gasteiger partial charge on any atom is -0.376 e. The van der Waals surface area contributed by atoms with Crippen LogP contribution in [-0.2, 0) is 9.53 Å². The molecule has 2 amide bonds. The normalized spacial score (nSPS) is 18.2. The van der Waals surface area contributed by atoms with Gasteiger partial charge in [-0.05, 0) is 78.4 Å². The molecule has 0 unspecified atom stereocenters. The van der Waals surface area contributed by atoms with Gasteiger partial charge in [0.1, 0.15) is 5.69 Å². The summed E-state index contributed by atoms with van der Waals surface area (Å²) >= 11 is 1.48. The molecule has 2 aliphatic rings. The molecule has 2 atom stereocenters. The van der Waals surface area contributed by atoms with Crippen molar-refractivity contribution in [1.29, 1.82) is 0 Å². The number of hydrogen-bond donors (Lipinski definition) is 2. The van der Waals surface area contributed by atoms with E-state index in [0.29, 0.717) is 23.8 Å². The highest BCUT2D eigenvalue weighted by atomic mass is 32.1. The van der Waals surface area contributed by atoms with E-state index in [-0.39, 0.29) is 17.9 Å². The molecule has 3 heterocycles. The summed E-state index contributed by atoms with van der Waals surface area (Å²) in [6.45, 7) is 1.16. The smallest absolute Gasteiger partial charge is 0.275 e. The lowest BCUT2D eigenvalue weighted by Crippen LogP contribution is -2.45. The van der Waals surface area contributed by atoms with Crippen LogP contribution in [0.15, 0.2) is 84.2 Å². The number of carbonyl (C=O) groups is 2. The quantitative estimate of drug-likeness (QED) is 0.220. The molecule has 2 aromatic carbocycles. The van der Waals surface area contributed by atoms with Crippen molar-refractivity contribution in [3.63, 3.8) is 0 Å². The molecular weight excluding hydrogens is 530 g/mol. The molecule has 1 aliphatic carbocycles. The first kappa shape index (κ1) is 27.5. The van der Waals surface area contributed by atoms with E-state index < -0.39 is 6.04 Å². The Bertz CT molecular complexity index is 1420. The summed E-state index contributed by atoms with van der Waals surface area (Å²) in [4.78, 5) is 34.1. The van der Waals surface area contributed by atoms with E-state index in [4.69, 9.17) is 4.74 Å². The average molecular weight is 568 g/mol. The number of aromatic amines is 1. The van der Waals surface area contributed by atoms with Crippen LogP contribution in [0.3, 0.4) is 0 Å². The largest absolute Gasteiger partial charge is 0.376 e. The molecule has 4 aromatic rings. The van der Waals surface area contributed by atoms with Crippen molar-refractivity contribution >= 4 is 28.8 Å². The van der Waals surface area contributed by atoms with Crippen LogP contribution in [0.25, 0.3) is 11.3 Å². The predicted molar refractivity (Wildman–Crippen MR) is 164 cm³/mol. The lowest BCUT2D eigenvalue weighted by atomic mass is 9.84. The molecule has 6 rings (SSSR count). The average Bonchev–Trinajstić information content (AvgIpc) is 3.83. The number of amides is 2. The summed E-state index contributed by atoms with van der Waals surface area (Å²) in [6.07, 6.45) is 8.19. The first-order chi connectivity index (χ1) is 20.2. The Morgan fingerprint density at radius 1 is 0.902 bits per heavy atom. The van der Waals surface area contributed by atoms with Crippen LogP contribution in [0.4, 0.5) is 5.69 Å². The van der Waals surface area contributed by atoms with Gasteiger partial charge in [0.25, 0.3) is 5.91 Å². The van der Waals surface area contributed by atoms with Crippen molar-refractivity contribution in [1.82, 2.24) is 10.3 Å². The van der Waals surface area contributed by atoms with Crippen LogP contribution in [0.1, 0.15) is 77.8 Å². The Hall–Kier alpha value is -3.68. The maximum Gasteiger partial charge on any atom is 0.275 e. The zero-order valence-electron chi connectivity index (χ0n) is 23.3. The van der Waals surface area contributed by atoms with E-state index in [9.17, 15) is 9.59 Å². The highest BCUT2D eigenvalue weighted by Crippen LogP contribution is 2.36. The fourth-order valence-electron chi connectivity index (χ4n) is 6.10. The number of nitrogens with one attached hydrogen (secondary N) is 2. The third kappa shape index (κ3) is 6.31. The van der Waals surface area contributed by atoms with Crippen molar-refractivity contribution in [3.05, 3.63) is 100 Å². The van der Waals surface area contributed by atoms with Gasteiger partial charge in [0.15, 0.2) is 6.04 Å². The van der Waals surface area contributed by atoms with Gasteiger partial charge in [-0.1, -0.05) is 67.8 Å². The van der Waals surface area contributed by atoms with Crippen LogP contribution in [0.2, 0.25) is 0 Å². The number of H-pyrrole nitrogens is 1. The van der Waals surface area contributed by atoms with E-state index in [1.165, 1.54) is 49.0 Å². The molecule has 0 spiro atoms. The monoisotopic (exact) mass is 567 g/mol. The second-order valence-electron chi connectivity index (χ2n) is 11.1. The third-order valence-electron chi connectivity index (χ3n) is 8.32. The lowest BCUT2D eigenvalue weighted by Gasteiger charge is -2.31. The minimum atomic E-state index is -0.812. The van der Waals surface area contributed by atoms with Crippen molar-refractivity contribution < 1.29 is 14.3 Å². The summed E-state index contributed by atoms with van der Waals surface area (Å²) < 4.78 is 5.75. The zero-order chi connectivity index (χ0) is 28.0. The van der Waals surface area contributed by atoms with Gasteiger partial charge < -0.3 is 15.0 Å². The van der Waals surface area contributed by atoms with Gasteiger partial charge in [0.2, 0.25) is 5.91 Å². The molecule has 7 heteroatoms. The molecule has 1 saturated heterocycles. The molecule has 2 fully saturated rings. The number of anilines is 1. The Labute approximate surface area is 245 Å². The number of thiophene rings is 1. The molecule has 0 bridgehead atoms. The second-order valence-corrected chi connectivity index (χ2v) is 12.0. The SMILES string of the molecule is O=C(NC[C@H]1CCCO1)[C@@H](c1cccs1)N(C(=O)c1ccc(-c2ccccc2)[nH]1)c1ccc(C2CCCCC2)cc1. The summed E-state index contributed by atoms with van der Waals surface area (Å²) in [5.41, 5.74) is 4.31. The van der Waals surface area contributed by atoms with E-state index in [2.05, 4.69) is 22.4 Å². The van der Waals surface area contributed by atoms with Gasteiger partial charge >= 0.3 is 0 Å². The summed E-state index contributed by atoms with van der Waals surface area (Å²) in [5.74, 6) is 0.104. The predicted octanol–water partition coefficient (Wildman–Crippen LogP) is 7.47. The van der Waals surface area contributed by atoms with Gasteiger partial charge in [0, 0.05) is 29.4 Å². The molecule has 2 aromatic heterocycles. The molecule has 6 nitrogen and oxygen atoms in total. The van der Waals surface area contributed by atoms with Gasteiger partial charge in [-0.25, -0.2) is 0 Å². The van der Waals surface area contributed by atoms with Crippen molar-refractivity contribution in [2.75, 3.05) is 18.1 Å². The highest BCUT2D eigenvalue weighted by Gasteiger charge is 2.35. The highest BCUT2D eigenvalue weighted by molar-refractivity contribution is 7.10. The number of carbonyl (C=O) groups excluding carboxylic acids is 2. The van der Waals surface area contributed by atoms with Gasteiger partial charge in [0.05, 0.1) is 6.10 Å². The Morgan fingerprint density at radius 2 is 1.71 bits per heavy atom. The van der Waals surface area contributed by atoms with Crippen LogP contribution in [0.5, 0.6) is 0 Å². The maximum atomic E-state index is 14.4. The number of hydrogen-bond acceptors (Lipinski definition) is 4. The molecule has 212 valence electrons. The Balaban J connectivity index is 1.35. The zero-order valence-corrected chi connectivity index (χ0v) is 24.1. The molecule has 0 radical (unpaired) electrons. The van der Waals surface area contributed by atoms with Crippen molar-refractivity contribution in [2.45, 2.75) is 63.0 Å². The van der Waals surface area contributed by atoms with Gasteiger partial charge in [-0.3, -0.25) is 14.5 Å². The second kappa shape index (κ2) is 12.9. The number of aromatic nitrogens is 1. The summed E-state index contributed by atoms with van der Waals surface area (Å²) in [7, 11) is 0. The molecule has 1 aliphatic heterocycles. The lowest BCUT2D eigenvalue weighted by molar-refractivity contribution is -0.122. The van der Waals surface area contributed by atoms with Crippen molar-refractivity contribution in [2.24, 2.45) is 0 Å². The number of nitrogens with zero attached hydrogens (tertiary/aromatic N) is 1. The van der Waals surface area contributed by atoms with Gasteiger partial charge in [-0.15, -0.1) is 11.3 Å². The maximum absolute atomic E-state index is 14.4. The fraction of sp³-hybridized carbons (Fsp3) is 0.353. The van der Waals surface area contributed by atoms with E-state index in [1.54, 1.807) is 4.90 Å². The first-order valence-corrected chi connectivity index (χ1v) is 15.7. The Kier molecular flexibility index (Phi) is 8.63. The molecular formula is C34H37N3O3S. The van der Waals surface area contributed by atoms with E-state index in [1.807, 2.05) is 72.1 Å². The number of benzene rings is 2. The third-order valence-corrected chi connectivity index (χ3v) is 9.24. The first-order valence-electron chi connectivity index (χ1n) is 14.8. The molecule has 41 heavy (non-hydrogen) atoms. The number of rotatable bonds is 9. The van der Waals surface area contributed by atoms with Crippen LogP contribution in [-0.4, -0.2) is 36.1 Å². The van der Waals surface area contributed by atoms with E-state index in [0.717, 1.165) is 35.6 Å². The fourth-order valence-corrected chi connectivity index (χ4v) is 6.91. The van der Waals surface area contributed by atoms with Crippen LogP contribution < -0.4 is 10.2 Å². The molecule has 2 N–H and O–H groups in total. The Morgan fingerprint density at radius 3 is 2.41 bits per heavy atom. The standard InChI is InChI=1S/C34H37N3O3S/c38-33(35-23-28-13-7-21-40-28)32(31-14-8-22-41-31)37(27-17-15-25(16-18-27)24-9-3-1-4-10-24)34(39)30-20-19-29(36-30)26-11-5-2-6-12-26/h2,5-6,8,11-12,14-20,22,24,28,32,36H,1,3-4,7,9-10,13,21,23H2,(H,35,38)/t28-,32-/m1/s1. The number of ether oxygens (including phenoxy) is 1. The van der Waals surface area contributed by atoms with Crippen LogP contribution >= 0.6 is 11.3 Å². The molecule has 1 saturated carbocycles.